The van der Waals surface area contributed by atoms with Gasteiger partial charge in [0.25, 0.3) is 5.56 Å². The molecule has 124 valence electrons. The summed E-state index contributed by atoms with van der Waals surface area (Å²) in [5, 5.41) is 12.0. The van der Waals surface area contributed by atoms with E-state index >= 15 is 0 Å². The number of hydrogen-bond acceptors (Lipinski definition) is 5. The highest BCUT2D eigenvalue weighted by atomic mass is 16.5. The van der Waals surface area contributed by atoms with Crippen molar-refractivity contribution in [2.24, 2.45) is 5.92 Å². The number of aliphatic hydroxyl groups excluding tert-OH is 1. The highest BCUT2D eigenvalue weighted by molar-refractivity contribution is 5.54. The second kappa shape index (κ2) is 7.78. The van der Waals surface area contributed by atoms with Crippen LogP contribution in [0.5, 0.6) is 5.75 Å². The normalized spacial score (nSPS) is 10.8. The van der Waals surface area contributed by atoms with Gasteiger partial charge in [0.2, 0.25) is 5.95 Å². The fraction of sp³-hybridized carbons (Fsp3) is 0.412. The van der Waals surface area contributed by atoms with Gasteiger partial charge in [0.15, 0.2) is 0 Å². The predicted molar refractivity (Wildman–Crippen MR) is 90.4 cm³/mol. The van der Waals surface area contributed by atoms with Crippen molar-refractivity contribution in [2.75, 3.05) is 18.5 Å². The SMILES string of the molecule is Cc1nc(Nc2ccc(OCC(C)C)cc2)[nH]c(=O)c1CCO. The number of nitrogens with one attached hydrogen (secondary N) is 2. The largest absolute Gasteiger partial charge is 0.493 e. The standard InChI is InChI=1S/C17H23N3O3/c1-11(2)10-23-14-6-4-13(5-7-14)19-17-18-12(3)15(8-9-21)16(22)20-17/h4-7,11,21H,8-10H2,1-3H3,(H2,18,19,20,22). The molecular weight excluding hydrogens is 294 g/mol. The summed E-state index contributed by atoms with van der Waals surface area (Å²) in [4.78, 5) is 19.0. The molecule has 0 saturated heterocycles. The Bertz CT molecular complexity index is 693. The molecule has 0 radical (unpaired) electrons. The molecular formula is C17H23N3O3. The summed E-state index contributed by atoms with van der Waals surface area (Å²) < 4.78 is 5.63. The fourth-order valence-corrected chi connectivity index (χ4v) is 2.11. The lowest BCUT2D eigenvalue weighted by Crippen LogP contribution is -2.19. The topological polar surface area (TPSA) is 87.2 Å². The van der Waals surface area contributed by atoms with Crippen molar-refractivity contribution in [3.05, 3.63) is 45.9 Å². The van der Waals surface area contributed by atoms with Gasteiger partial charge >= 0.3 is 0 Å². The Morgan fingerprint density at radius 3 is 2.57 bits per heavy atom. The number of aliphatic hydroxyl groups is 1. The molecule has 0 aliphatic carbocycles. The van der Waals surface area contributed by atoms with Crippen molar-refractivity contribution in [1.82, 2.24) is 9.97 Å². The monoisotopic (exact) mass is 317 g/mol. The van der Waals surface area contributed by atoms with Crippen LogP contribution in [0.1, 0.15) is 25.1 Å². The molecule has 0 fully saturated rings. The Kier molecular flexibility index (Phi) is 5.76. The number of anilines is 2. The lowest BCUT2D eigenvalue weighted by molar-refractivity contribution is 0.271. The second-order valence-corrected chi connectivity index (χ2v) is 5.81. The highest BCUT2D eigenvalue weighted by Gasteiger charge is 2.08. The van der Waals surface area contributed by atoms with Crippen molar-refractivity contribution < 1.29 is 9.84 Å². The molecule has 1 heterocycles. The first-order valence-corrected chi connectivity index (χ1v) is 7.70. The average molecular weight is 317 g/mol. The number of benzene rings is 1. The molecule has 6 nitrogen and oxygen atoms in total. The number of aromatic amines is 1. The quantitative estimate of drug-likeness (QED) is 0.730. The van der Waals surface area contributed by atoms with Gasteiger partial charge in [-0.15, -0.1) is 0 Å². The van der Waals surface area contributed by atoms with Crippen LogP contribution in [0.25, 0.3) is 0 Å². The Morgan fingerprint density at radius 1 is 1.30 bits per heavy atom. The molecule has 6 heteroatoms. The Labute approximate surface area is 135 Å². The van der Waals surface area contributed by atoms with E-state index in [1.807, 2.05) is 24.3 Å². The average Bonchev–Trinajstić information content (AvgIpc) is 2.50. The van der Waals surface area contributed by atoms with Crippen LogP contribution in [0.4, 0.5) is 11.6 Å². The molecule has 0 atom stereocenters. The van der Waals surface area contributed by atoms with Gasteiger partial charge in [0, 0.05) is 24.3 Å². The third-order valence-corrected chi connectivity index (χ3v) is 3.28. The lowest BCUT2D eigenvalue weighted by Gasteiger charge is -2.11. The molecule has 23 heavy (non-hydrogen) atoms. The van der Waals surface area contributed by atoms with Crippen molar-refractivity contribution in [2.45, 2.75) is 27.2 Å². The summed E-state index contributed by atoms with van der Waals surface area (Å²) in [5.74, 6) is 1.66. The van der Waals surface area contributed by atoms with Crippen molar-refractivity contribution in [3.63, 3.8) is 0 Å². The van der Waals surface area contributed by atoms with Crippen molar-refractivity contribution >= 4 is 11.6 Å². The van der Waals surface area contributed by atoms with Crippen LogP contribution in [0, 0.1) is 12.8 Å². The van der Waals surface area contributed by atoms with Gasteiger partial charge in [-0.3, -0.25) is 9.78 Å². The van der Waals surface area contributed by atoms with Crippen molar-refractivity contribution in [1.29, 1.82) is 0 Å². The van der Waals surface area contributed by atoms with Gasteiger partial charge < -0.3 is 15.2 Å². The molecule has 0 spiro atoms. The van der Waals surface area contributed by atoms with E-state index in [2.05, 4.69) is 29.1 Å². The van der Waals surface area contributed by atoms with E-state index in [1.54, 1.807) is 6.92 Å². The van der Waals surface area contributed by atoms with E-state index in [1.165, 1.54) is 0 Å². The zero-order chi connectivity index (χ0) is 16.8. The first kappa shape index (κ1) is 17.0. The van der Waals surface area contributed by atoms with Crippen LogP contribution in [0.2, 0.25) is 0 Å². The molecule has 0 unspecified atom stereocenters. The molecule has 0 aliphatic rings. The van der Waals surface area contributed by atoms with Gasteiger partial charge in [0.05, 0.1) is 12.3 Å². The minimum Gasteiger partial charge on any atom is -0.493 e. The Balaban J connectivity index is 2.09. The van der Waals surface area contributed by atoms with E-state index in [9.17, 15) is 4.79 Å². The number of aromatic nitrogens is 2. The fourth-order valence-electron chi connectivity index (χ4n) is 2.11. The molecule has 0 amide bonds. The molecule has 0 bridgehead atoms. The third-order valence-electron chi connectivity index (χ3n) is 3.28. The zero-order valence-electron chi connectivity index (χ0n) is 13.7. The van der Waals surface area contributed by atoms with Crippen LogP contribution in [-0.2, 0) is 6.42 Å². The highest BCUT2D eigenvalue weighted by Crippen LogP contribution is 2.18. The van der Waals surface area contributed by atoms with Gasteiger partial charge in [-0.1, -0.05) is 13.8 Å². The lowest BCUT2D eigenvalue weighted by atomic mass is 10.2. The van der Waals surface area contributed by atoms with E-state index < -0.39 is 0 Å². The molecule has 2 rings (SSSR count). The van der Waals surface area contributed by atoms with E-state index in [-0.39, 0.29) is 12.2 Å². The molecule has 0 saturated carbocycles. The van der Waals surface area contributed by atoms with Gasteiger partial charge in [-0.25, -0.2) is 4.98 Å². The van der Waals surface area contributed by atoms with Crippen LogP contribution in [-0.4, -0.2) is 28.3 Å². The summed E-state index contributed by atoms with van der Waals surface area (Å²) in [6.45, 7) is 6.55. The smallest absolute Gasteiger partial charge is 0.255 e. The van der Waals surface area contributed by atoms with Gasteiger partial charge in [-0.05, 0) is 37.1 Å². The molecule has 1 aromatic heterocycles. The number of hydrogen-bond donors (Lipinski definition) is 3. The number of nitrogens with zero attached hydrogens (tertiary/aromatic N) is 1. The van der Waals surface area contributed by atoms with Crippen molar-refractivity contribution in [3.8, 4) is 5.75 Å². The maximum atomic E-state index is 12.0. The summed E-state index contributed by atoms with van der Waals surface area (Å²) >= 11 is 0. The number of rotatable bonds is 7. The molecule has 0 aliphatic heterocycles. The maximum Gasteiger partial charge on any atom is 0.255 e. The molecule has 3 N–H and O–H groups in total. The summed E-state index contributed by atoms with van der Waals surface area (Å²) in [6, 6.07) is 7.48. The summed E-state index contributed by atoms with van der Waals surface area (Å²) in [5.41, 5.74) is 1.70. The summed E-state index contributed by atoms with van der Waals surface area (Å²) in [6.07, 6.45) is 0.302. The van der Waals surface area contributed by atoms with Gasteiger partial charge in [-0.2, -0.15) is 0 Å². The van der Waals surface area contributed by atoms with Crippen LogP contribution < -0.4 is 15.6 Å². The second-order valence-electron chi connectivity index (χ2n) is 5.81. The van der Waals surface area contributed by atoms with Crippen LogP contribution >= 0.6 is 0 Å². The Morgan fingerprint density at radius 2 is 2.00 bits per heavy atom. The minimum atomic E-state index is -0.231. The minimum absolute atomic E-state index is 0.0732. The first-order chi connectivity index (χ1) is 11.0. The van der Waals surface area contributed by atoms with E-state index in [0.717, 1.165) is 11.4 Å². The third kappa shape index (κ3) is 4.82. The van der Waals surface area contributed by atoms with E-state index in [0.29, 0.717) is 36.2 Å². The first-order valence-electron chi connectivity index (χ1n) is 7.70. The number of ether oxygens (including phenoxy) is 1. The van der Waals surface area contributed by atoms with E-state index in [4.69, 9.17) is 9.84 Å². The predicted octanol–water partition coefficient (Wildman–Crippen LogP) is 2.39. The van der Waals surface area contributed by atoms with Gasteiger partial charge in [0.1, 0.15) is 5.75 Å². The summed E-state index contributed by atoms with van der Waals surface area (Å²) in [7, 11) is 0. The van der Waals surface area contributed by atoms with Crippen LogP contribution in [0.3, 0.4) is 0 Å². The molecule has 2 aromatic rings. The zero-order valence-corrected chi connectivity index (χ0v) is 13.7. The maximum absolute atomic E-state index is 12.0. The van der Waals surface area contributed by atoms with Crippen LogP contribution in [0.15, 0.2) is 29.1 Å². The molecule has 1 aromatic carbocycles. The Hall–Kier alpha value is -2.34. The number of H-pyrrole nitrogens is 1. The number of aryl methyl sites for hydroxylation is 1.